The monoisotopic (exact) mass is 502 g/mol. The highest BCUT2D eigenvalue weighted by Crippen LogP contribution is 2.16. The van der Waals surface area contributed by atoms with Gasteiger partial charge in [0.05, 0.1) is 12.7 Å². The predicted octanol–water partition coefficient (Wildman–Crippen LogP) is 3.56. The van der Waals surface area contributed by atoms with Crippen molar-refractivity contribution in [2.75, 3.05) is 7.11 Å². The molecular weight excluding hydrogens is 472 g/mol. The Balaban J connectivity index is 1.66. The minimum Gasteiger partial charge on any atom is -0.467 e. The lowest BCUT2D eigenvalue weighted by atomic mass is 10.0. The third kappa shape index (κ3) is 7.76. The van der Waals surface area contributed by atoms with Crippen LogP contribution in [0.5, 0.6) is 5.75 Å². The standard InChI is InChI=1S/C29H30N2O6/c1-19(2)25(31-26(32)21-10-6-4-7-11-21)27(33)30-24(29(35)36-3)18-20-14-16-23(17-15-20)37-28(34)22-12-8-5-9-13-22/h4-17,19,24-25H,18H2,1-3H3,(H,30,33)(H,31,32)/t24-,25+/m0/s1. The van der Waals surface area contributed by atoms with E-state index in [1.54, 1.807) is 92.7 Å². The van der Waals surface area contributed by atoms with Crippen LogP contribution in [0.2, 0.25) is 0 Å². The third-order valence-electron chi connectivity index (χ3n) is 5.66. The maximum absolute atomic E-state index is 13.1. The van der Waals surface area contributed by atoms with Crippen LogP contribution in [0.3, 0.4) is 0 Å². The molecule has 0 bridgehead atoms. The highest BCUT2D eigenvalue weighted by atomic mass is 16.5. The van der Waals surface area contributed by atoms with E-state index in [4.69, 9.17) is 9.47 Å². The van der Waals surface area contributed by atoms with E-state index >= 15 is 0 Å². The minimum atomic E-state index is -0.981. The Morgan fingerprint density at radius 2 is 1.32 bits per heavy atom. The van der Waals surface area contributed by atoms with E-state index in [0.717, 1.165) is 0 Å². The fourth-order valence-corrected chi connectivity index (χ4v) is 3.62. The number of esters is 2. The van der Waals surface area contributed by atoms with Gasteiger partial charge < -0.3 is 20.1 Å². The Hall–Kier alpha value is -4.46. The zero-order valence-electron chi connectivity index (χ0n) is 21.0. The fourth-order valence-electron chi connectivity index (χ4n) is 3.62. The van der Waals surface area contributed by atoms with Gasteiger partial charge in [0.25, 0.3) is 5.91 Å². The van der Waals surface area contributed by atoms with Gasteiger partial charge in [0.1, 0.15) is 17.8 Å². The first-order valence-corrected chi connectivity index (χ1v) is 11.9. The molecule has 0 aromatic heterocycles. The molecule has 0 heterocycles. The van der Waals surface area contributed by atoms with E-state index in [2.05, 4.69) is 10.6 Å². The largest absolute Gasteiger partial charge is 0.467 e. The van der Waals surface area contributed by atoms with Gasteiger partial charge in [-0.25, -0.2) is 9.59 Å². The number of carbonyl (C=O) groups is 4. The van der Waals surface area contributed by atoms with Crippen LogP contribution in [0, 0.1) is 5.92 Å². The average Bonchev–Trinajstić information content (AvgIpc) is 2.92. The first-order valence-electron chi connectivity index (χ1n) is 11.9. The number of amides is 2. The highest BCUT2D eigenvalue weighted by molar-refractivity contribution is 5.98. The van der Waals surface area contributed by atoms with Crippen LogP contribution >= 0.6 is 0 Å². The summed E-state index contributed by atoms with van der Waals surface area (Å²) in [6.45, 7) is 3.61. The van der Waals surface area contributed by atoms with Gasteiger partial charge in [0.15, 0.2) is 0 Å². The molecule has 2 atom stereocenters. The van der Waals surface area contributed by atoms with Crippen LogP contribution in [0.15, 0.2) is 84.9 Å². The van der Waals surface area contributed by atoms with Crippen LogP contribution in [-0.2, 0) is 20.7 Å². The van der Waals surface area contributed by atoms with Crippen LogP contribution in [-0.4, -0.2) is 42.9 Å². The van der Waals surface area contributed by atoms with Crippen molar-refractivity contribution in [2.24, 2.45) is 5.92 Å². The maximum Gasteiger partial charge on any atom is 0.343 e. The molecule has 0 radical (unpaired) electrons. The van der Waals surface area contributed by atoms with Crippen molar-refractivity contribution in [2.45, 2.75) is 32.4 Å². The third-order valence-corrected chi connectivity index (χ3v) is 5.66. The van der Waals surface area contributed by atoms with Crippen LogP contribution in [0.1, 0.15) is 40.1 Å². The number of rotatable bonds is 10. The van der Waals surface area contributed by atoms with E-state index < -0.39 is 29.9 Å². The van der Waals surface area contributed by atoms with Gasteiger partial charge in [-0.3, -0.25) is 9.59 Å². The van der Waals surface area contributed by atoms with Gasteiger partial charge in [0.2, 0.25) is 5.91 Å². The zero-order chi connectivity index (χ0) is 26.8. The van der Waals surface area contributed by atoms with Gasteiger partial charge in [-0.05, 0) is 47.9 Å². The molecule has 192 valence electrons. The van der Waals surface area contributed by atoms with Crippen molar-refractivity contribution in [3.63, 3.8) is 0 Å². The second-order valence-electron chi connectivity index (χ2n) is 8.75. The van der Waals surface area contributed by atoms with Crippen LogP contribution in [0.25, 0.3) is 0 Å². The second kappa shape index (κ2) is 13.0. The molecule has 3 rings (SSSR count). The molecule has 0 spiro atoms. The SMILES string of the molecule is COC(=O)[C@H](Cc1ccc(OC(=O)c2ccccc2)cc1)NC(=O)[C@H](NC(=O)c1ccccc1)C(C)C. The number of ether oxygens (including phenoxy) is 2. The lowest BCUT2D eigenvalue weighted by Gasteiger charge is -2.24. The van der Waals surface area contributed by atoms with E-state index in [1.807, 2.05) is 6.07 Å². The molecule has 8 nitrogen and oxygen atoms in total. The molecule has 37 heavy (non-hydrogen) atoms. The first-order chi connectivity index (χ1) is 17.8. The number of benzene rings is 3. The Morgan fingerprint density at radius 1 is 0.757 bits per heavy atom. The topological polar surface area (TPSA) is 111 Å². The molecule has 0 saturated carbocycles. The van der Waals surface area contributed by atoms with Crippen LogP contribution < -0.4 is 15.4 Å². The summed E-state index contributed by atoms with van der Waals surface area (Å²) in [7, 11) is 1.24. The lowest BCUT2D eigenvalue weighted by Crippen LogP contribution is -2.54. The van der Waals surface area contributed by atoms with Crippen molar-refractivity contribution >= 4 is 23.8 Å². The Morgan fingerprint density at radius 3 is 1.86 bits per heavy atom. The molecule has 2 N–H and O–H groups in total. The van der Waals surface area contributed by atoms with Gasteiger partial charge in [0, 0.05) is 12.0 Å². The van der Waals surface area contributed by atoms with Crippen molar-refractivity contribution in [3.8, 4) is 5.75 Å². The minimum absolute atomic E-state index is 0.142. The molecule has 3 aromatic rings. The van der Waals surface area contributed by atoms with Crippen molar-refractivity contribution in [1.82, 2.24) is 10.6 Å². The first kappa shape index (κ1) is 27.1. The normalized spacial score (nSPS) is 12.2. The smallest absolute Gasteiger partial charge is 0.343 e. The Bertz CT molecular complexity index is 1210. The number of hydrogen-bond donors (Lipinski definition) is 2. The van der Waals surface area contributed by atoms with Gasteiger partial charge in [-0.15, -0.1) is 0 Å². The lowest BCUT2D eigenvalue weighted by molar-refractivity contribution is -0.145. The summed E-state index contributed by atoms with van der Waals surface area (Å²) in [6, 6.07) is 22.0. The zero-order valence-corrected chi connectivity index (χ0v) is 21.0. The fraction of sp³-hybridized carbons (Fsp3) is 0.241. The van der Waals surface area contributed by atoms with Crippen molar-refractivity contribution in [3.05, 3.63) is 102 Å². The molecule has 0 unspecified atom stereocenters. The van der Waals surface area contributed by atoms with Crippen molar-refractivity contribution < 1.29 is 28.7 Å². The molecular formula is C29H30N2O6. The van der Waals surface area contributed by atoms with E-state index in [9.17, 15) is 19.2 Å². The Kier molecular flexibility index (Phi) is 9.55. The molecule has 0 saturated heterocycles. The summed E-state index contributed by atoms with van der Waals surface area (Å²) < 4.78 is 10.3. The summed E-state index contributed by atoms with van der Waals surface area (Å²) in [4.78, 5) is 50.4. The summed E-state index contributed by atoms with van der Waals surface area (Å²) >= 11 is 0. The highest BCUT2D eigenvalue weighted by Gasteiger charge is 2.29. The molecule has 0 aliphatic heterocycles. The maximum atomic E-state index is 13.1. The van der Waals surface area contributed by atoms with E-state index in [-0.39, 0.29) is 18.2 Å². The summed E-state index contributed by atoms with van der Waals surface area (Å²) in [5, 5.41) is 5.46. The second-order valence-corrected chi connectivity index (χ2v) is 8.75. The van der Waals surface area contributed by atoms with E-state index in [0.29, 0.717) is 22.4 Å². The van der Waals surface area contributed by atoms with Gasteiger partial charge in [-0.1, -0.05) is 62.4 Å². The predicted molar refractivity (Wildman–Crippen MR) is 138 cm³/mol. The molecule has 0 aliphatic carbocycles. The van der Waals surface area contributed by atoms with E-state index in [1.165, 1.54) is 7.11 Å². The summed E-state index contributed by atoms with van der Waals surface area (Å²) in [6.07, 6.45) is 0.142. The average molecular weight is 503 g/mol. The molecule has 0 fully saturated rings. The van der Waals surface area contributed by atoms with Crippen molar-refractivity contribution in [1.29, 1.82) is 0 Å². The van der Waals surface area contributed by atoms with Gasteiger partial charge >= 0.3 is 11.9 Å². The number of nitrogens with one attached hydrogen (secondary N) is 2. The molecule has 2 amide bonds. The quantitative estimate of drug-likeness (QED) is 0.324. The molecule has 8 heteroatoms. The number of methoxy groups -OCH3 is 1. The van der Waals surface area contributed by atoms with Gasteiger partial charge in [-0.2, -0.15) is 0 Å². The number of carbonyl (C=O) groups excluding carboxylic acids is 4. The van der Waals surface area contributed by atoms with Crippen LogP contribution in [0.4, 0.5) is 0 Å². The summed E-state index contributed by atoms with van der Waals surface area (Å²) in [5.41, 5.74) is 1.57. The molecule has 0 aliphatic rings. The summed E-state index contributed by atoms with van der Waals surface area (Å²) in [5.74, 6) is -1.87. The Labute approximate surface area is 216 Å². The molecule has 3 aromatic carbocycles. The number of hydrogen-bond acceptors (Lipinski definition) is 6.